The summed E-state index contributed by atoms with van der Waals surface area (Å²) in [6.07, 6.45) is 17.7. The van der Waals surface area contributed by atoms with Gasteiger partial charge in [-0.05, 0) is 101 Å². The second kappa shape index (κ2) is 23.6. The van der Waals surface area contributed by atoms with Crippen LogP contribution in [0.1, 0.15) is 212 Å². The molecule has 3 aliphatic rings. The number of Topliss-reactive ketones (excluding diaryl/α,β-unsaturated/α-hetero) is 1. The number of methoxy groups -OCH3 is 1. The van der Waals surface area contributed by atoms with Crippen molar-refractivity contribution in [3.8, 4) is 0 Å². The number of ketones is 1. The summed E-state index contributed by atoms with van der Waals surface area (Å²) >= 11 is 0. The normalized spacial score (nSPS) is 17.8. The molecule has 0 aromatic carbocycles. The molecular weight excluding hydrogens is 833 g/mol. The molecule has 1 aliphatic carbocycles. The van der Waals surface area contributed by atoms with Crippen LogP contribution >= 0.6 is 0 Å². The number of hydrogen-bond donors (Lipinski definition) is 0. The summed E-state index contributed by atoms with van der Waals surface area (Å²) < 4.78 is 11.1. The zero-order chi connectivity index (χ0) is 47.1. The fourth-order valence-electron chi connectivity index (χ4n) is 10.5. The third kappa shape index (κ3) is 11.9. The van der Waals surface area contributed by atoms with Crippen LogP contribution in [-0.4, -0.2) is 54.5 Å². The van der Waals surface area contributed by atoms with Crippen molar-refractivity contribution >= 4 is 80.1 Å². The molecule has 5 heterocycles. The number of aromatic nitrogens is 4. The van der Waals surface area contributed by atoms with Crippen molar-refractivity contribution in [2.45, 2.75) is 170 Å². The fraction of sp³-hybridized carbons (Fsp3) is 0.554. The van der Waals surface area contributed by atoms with Crippen LogP contribution in [0.25, 0.3) is 39.3 Å². The van der Waals surface area contributed by atoms with E-state index in [0.717, 1.165) is 81.0 Å². The number of aryl methyl sites for hydroxylation is 2. The average molecular weight is 910 g/mol. The summed E-state index contributed by atoms with van der Waals surface area (Å²) in [5.41, 5.74) is 13.5. The van der Waals surface area contributed by atoms with Crippen LogP contribution in [0.3, 0.4) is 0 Å². The van der Waals surface area contributed by atoms with Gasteiger partial charge in [-0.15, -0.1) is 22.1 Å². The number of rotatable bonds is 21. The fourth-order valence-corrected chi connectivity index (χ4v) is 10.5. The van der Waals surface area contributed by atoms with E-state index in [0.29, 0.717) is 52.9 Å². The monoisotopic (exact) mass is 909 g/mol. The number of carbonyl (C=O) groups excluding carboxylic acids is 3. The van der Waals surface area contributed by atoms with Gasteiger partial charge >= 0.3 is 35.0 Å². The van der Waals surface area contributed by atoms with Crippen LogP contribution in [0.15, 0.2) is 36.4 Å². The molecule has 8 bridgehead atoms. The molecule has 0 saturated carbocycles. The topological polar surface area (TPSA) is 126 Å². The zero-order valence-electron chi connectivity index (χ0n) is 42.1. The van der Waals surface area contributed by atoms with Crippen molar-refractivity contribution in [1.29, 1.82) is 0 Å². The Hall–Kier alpha value is -4.28. The standard InChI is InChI=1S/C56H75N4O5.Mg/c1-13-40-36(8)43-29-45-38(10)42(26-27-49(61)65-28-18-25-35(7)24-17-23-34(6)22-16-21-33(5)20-15-19-32(3)4)53(59-45)51-52(56(63)64-12)55(62)50-39(11)46(60-54(50)51)31-48-41(14-2)37(9)44(58-48)30-47(40)57-43;/h13,25,29-34,38,42,52H,1,14-24,26-28H2,2-12H3,(H-,57,58,59,60,62);/q-1;+2/p+1/b35-25+;/t33?,34?,38-,42-,52+;/m0./s1. The smallest absolute Gasteiger partial charge is 0.657 e. The molecule has 2 unspecified atom stereocenters. The summed E-state index contributed by atoms with van der Waals surface area (Å²) in [6.45, 7) is 26.4. The van der Waals surface area contributed by atoms with Crippen LogP contribution in [0.4, 0.5) is 0 Å². The number of fused-ring (bicyclic) bond motifs is 8. The van der Waals surface area contributed by atoms with Crippen molar-refractivity contribution in [1.82, 2.24) is 9.97 Å². The van der Waals surface area contributed by atoms with E-state index < -0.39 is 11.9 Å². The molecule has 5 atom stereocenters. The molecule has 0 saturated heterocycles. The zero-order valence-corrected chi connectivity index (χ0v) is 43.5. The molecule has 9 nitrogen and oxygen atoms in total. The number of allylic oxidation sites excluding steroid dienone is 3. The Morgan fingerprint density at radius 2 is 1.52 bits per heavy atom. The molecule has 3 aromatic heterocycles. The maximum Gasteiger partial charge on any atom is 2.00 e. The van der Waals surface area contributed by atoms with E-state index in [1.54, 1.807) is 0 Å². The van der Waals surface area contributed by atoms with Crippen LogP contribution in [0.2, 0.25) is 0 Å². The number of H-pyrrole nitrogens is 2. The van der Waals surface area contributed by atoms with Gasteiger partial charge in [0.2, 0.25) is 11.4 Å². The largest absolute Gasteiger partial charge is 2.00 e. The summed E-state index contributed by atoms with van der Waals surface area (Å²) in [5, 5.41) is 0. The van der Waals surface area contributed by atoms with Gasteiger partial charge in [0.05, 0.1) is 25.6 Å². The minimum absolute atomic E-state index is 0. The van der Waals surface area contributed by atoms with E-state index >= 15 is 0 Å². The third-order valence-electron chi connectivity index (χ3n) is 14.6. The van der Waals surface area contributed by atoms with E-state index in [1.165, 1.54) is 64.0 Å². The number of aromatic amines is 2. The van der Waals surface area contributed by atoms with E-state index in [2.05, 4.69) is 97.1 Å². The molecule has 2 N–H and O–H groups in total. The number of esters is 2. The Morgan fingerprint density at radius 1 is 0.864 bits per heavy atom. The summed E-state index contributed by atoms with van der Waals surface area (Å²) in [4.78, 5) is 59.0. The van der Waals surface area contributed by atoms with E-state index in [-0.39, 0.29) is 53.1 Å². The van der Waals surface area contributed by atoms with Gasteiger partial charge in [-0.3, -0.25) is 14.4 Å². The maximum atomic E-state index is 14.4. The van der Waals surface area contributed by atoms with Gasteiger partial charge in [0.25, 0.3) is 0 Å². The van der Waals surface area contributed by atoms with Crippen LogP contribution in [0.5, 0.6) is 0 Å². The van der Waals surface area contributed by atoms with Crippen LogP contribution in [-0.2, 0) is 19.1 Å². The van der Waals surface area contributed by atoms with Crippen molar-refractivity contribution in [2.24, 2.45) is 17.8 Å². The van der Waals surface area contributed by atoms with E-state index in [1.807, 2.05) is 19.1 Å². The van der Waals surface area contributed by atoms with Gasteiger partial charge in [0.15, 0.2) is 17.2 Å². The Balaban J connectivity index is 0.00000817. The Kier molecular flexibility index (Phi) is 18.9. The minimum Gasteiger partial charge on any atom is -0.657 e. The molecule has 2 aliphatic heterocycles. The molecule has 66 heavy (non-hydrogen) atoms. The molecule has 0 radical (unpaired) electrons. The second-order valence-electron chi connectivity index (χ2n) is 19.9. The number of carbonyl (C=O) groups is 3. The minimum atomic E-state index is -1.18. The first-order chi connectivity index (χ1) is 31.1. The molecule has 350 valence electrons. The SMILES string of the molecule is C=Cc1c(C)c2cc3[nH+]c(c4c5[n-]c(cc6[nH+]c(cc1[n-]2)C(C)=C6CC)c(C)c5C(=O)[C@@H]4C(=O)OC)[C@@H](CCC(=O)OCC/C=C(\C)CCCC(C)CCCC(C)CCCC(C)C)[C@@H]3C.[Mg+2]. The summed E-state index contributed by atoms with van der Waals surface area (Å²) in [7, 11) is 1.31. The molecule has 10 heteroatoms. The second-order valence-corrected chi connectivity index (χ2v) is 19.9. The molecule has 0 fully saturated rings. The average Bonchev–Trinajstić information content (AvgIpc) is 4.01. The van der Waals surface area contributed by atoms with Gasteiger partial charge in [-0.25, -0.2) is 9.97 Å². The van der Waals surface area contributed by atoms with Gasteiger partial charge in [-0.2, -0.15) is 0 Å². The Morgan fingerprint density at radius 3 is 2.17 bits per heavy atom. The van der Waals surface area contributed by atoms with Crippen LogP contribution < -0.4 is 19.9 Å². The molecule has 0 amide bonds. The number of nitrogens with zero attached hydrogens (tertiary/aromatic N) is 2. The molecular formula is C56H76MgN4O5+2. The first-order valence-corrected chi connectivity index (χ1v) is 24.6. The van der Waals surface area contributed by atoms with Crippen molar-refractivity contribution < 1.29 is 33.8 Å². The molecule has 0 spiro atoms. The van der Waals surface area contributed by atoms with Gasteiger partial charge in [0, 0.05) is 28.7 Å². The quantitative estimate of drug-likeness (QED) is 0.0342. The van der Waals surface area contributed by atoms with Gasteiger partial charge in [0.1, 0.15) is 5.92 Å². The Bertz CT molecular complexity index is 2510. The third-order valence-corrected chi connectivity index (χ3v) is 14.6. The van der Waals surface area contributed by atoms with Crippen molar-refractivity contribution in [3.63, 3.8) is 0 Å². The summed E-state index contributed by atoms with van der Waals surface area (Å²) in [6, 6.07) is 6.15. The first-order valence-electron chi connectivity index (χ1n) is 24.6. The Labute approximate surface area is 410 Å². The van der Waals surface area contributed by atoms with Crippen molar-refractivity contribution in [3.05, 3.63) is 87.0 Å². The summed E-state index contributed by atoms with van der Waals surface area (Å²) in [5.74, 6) is -0.391. The first kappa shape index (κ1) is 52.7. The molecule has 3 aromatic rings. The van der Waals surface area contributed by atoms with E-state index in [9.17, 15) is 14.4 Å². The molecule has 6 rings (SSSR count). The van der Waals surface area contributed by atoms with Gasteiger partial charge < -0.3 is 19.4 Å². The van der Waals surface area contributed by atoms with Crippen molar-refractivity contribution in [2.75, 3.05) is 13.7 Å². The number of hydrogen-bond acceptors (Lipinski definition) is 5. The van der Waals surface area contributed by atoms with Crippen LogP contribution in [0, 0.1) is 31.6 Å². The van der Waals surface area contributed by atoms with E-state index in [4.69, 9.17) is 19.4 Å². The number of ether oxygens (including phenoxy) is 2. The predicted octanol–water partition coefficient (Wildman–Crippen LogP) is 12.1. The number of nitrogens with one attached hydrogen (secondary N) is 2. The predicted molar refractivity (Wildman–Crippen MR) is 268 cm³/mol. The maximum absolute atomic E-state index is 14.4. The van der Waals surface area contributed by atoms with Gasteiger partial charge in [-0.1, -0.05) is 122 Å².